The van der Waals surface area contributed by atoms with Crippen LogP contribution < -0.4 is 0 Å². The van der Waals surface area contributed by atoms with Gasteiger partial charge in [0.25, 0.3) is 0 Å². The molecule has 1 aromatic rings. The molecule has 0 aromatic carbocycles. The van der Waals surface area contributed by atoms with Crippen molar-refractivity contribution in [2.45, 2.75) is 26.2 Å². The summed E-state index contributed by atoms with van der Waals surface area (Å²) >= 11 is 10.8. The molecule has 0 saturated carbocycles. The van der Waals surface area contributed by atoms with Crippen LogP contribution in [0.25, 0.3) is 0 Å². The van der Waals surface area contributed by atoms with Gasteiger partial charge in [-0.3, -0.25) is 4.68 Å². The normalized spacial score (nSPS) is 9.50. The number of aromatic nitrogens is 2. The fourth-order valence-corrected chi connectivity index (χ4v) is 1.38. The molecule has 0 aliphatic carbocycles. The summed E-state index contributed by atoms with van der Waals surface area (Å²) in [6.45, 7) is 2.17. The average molecular weight is 267 g/mol. The summed E-state index contributed by atoms with van der Waals surface area (Å²) in [7, 11) is 1.52. The van der Waals surface area contributed by atoms with Crippen LogP contribution >= 0.6 is 23.2 Å². The van der Waals surface area contributed by atoms with E-state index in [-0.39, 0.29) is 10.8 Å². The monoisotopic (exact) mass is 266 g/mol. The van der Waals surface area contributed by atoms with Crippen LogP contribution in [-0.4, -0.2) is 26.7 Å². The molecule has 1 aromatic heterocycles. The number of hydrogen-bond donors (Lipinski definition) is 1. The number of aryl methyl sites for hydroxylation is 1. The van der Waals surface area contributed by atoms with Crippen molar-refractivity contribution >= 4 is 29.2 Å². The van der Waals surface area contributed by atoms with E-state index < -0.39 is 5.97 Å². The first-order chi connectivity index (χ1) is 7.52. The first-order valence-electron chi connectivity index (χ1n) is 5.01. The second-order valence-corrected chi connectivity index (χ2v) is 3.94. The van der Waals surface area contributed by atoms with E-state index in [2.05, 4.69) is 12.0 Å². The van der Waals surface area contributed by atoms with E-state index in [1.807, 2.05) is 0 Å². The Morgan fingerprint density at radius 1 is 1.56 bits per heavy atom. The van der Waals surface area contributed by atoms with Crippen LogP contribution in [0.15, 0.2) is 6.07 Å². The summed E-state index contributed by atoms with van der Waals surface area (Å²) in [5.74, 6) is -0.199. The standard InChI is InChI=1S/C5H5ClN2O2.C5H11Cl/c1-8-3(5(9)10)2-4(6)7-8;1-2-3-4-5-6/h2H,1H3,(H,9,10);2-5H2,1H3. The van der Waals surface area contributed by atoms with Gasteiger partial charge in [0, 0.05) is 19.0 Å². The fraction of sp³-hybridized carbons (Fsp3) is 0.600. The number of hydrogen-bond acceptors (Lipinski definition) is 2. The zero-order valence-electron chi connectivity index (χ0n) is 9.41. The quantitative estimate of drug-likeness (QED) is 0.673. The van der Waals surface area contributed by atoms with Crippen molar-refractivity contribution in [3.63, 3.8) is 0 Å². The van der Waals surface area contributed by atoms with Crippen molar-refractivity contribution in [3.05, 3.63) is 16.9 Å². The Kier molecular flexibility index (Phi) is 8.03. The molecule has 0 bridgehead atoms. The Morgan fingerprint density at radius 3 is 2.38 bits per heavy atom. The third-order valence-electron chi connectivity index (χ3n) is 1.81. The van der Waals surface area contributed by atoms with Crippen molar-refractivity contribution in [2.75, 3.05) is 5.88 Å². The summed E-state index contributed by atoms with van der Waals surface area (Å²) in [4.78, 5) is 10.3. The molecule has 16 heavy (non-hydrogen) atoms. The molecule has 0 amide bonds. The number of alkyl halides is 1. The fourth-order valence-electron chi connectivity index (χ4n) is 0.977. The highest BCUT2D eigenvalue weighted by atomic mass is 35.5. The van der Waals surface area contributed by atoms with Gasteiger partial charge in [-0.15, -0.1) is 11.6 Å². The van der Waals surface area contributed by atoms with Crippen LogP contribution in [0.2, 0.25) is 5.15 Å². The number of nitrogens with zero attached hydrogens (tertiary/aromatic N) is 2. The van der Waals surface area contributed by atoms with Gasteiger partial charge in [0.1, 0.15) is 5.69 Å². The Balaban J connectivity index is 0.000000325. The number of carbonyl (C=O) groups is 1. The second kappa shape index (κ2) is 8.42. The van der Waals surface area contributed by atoms with Crippen LogP contribution in [0.5, 0.6) is 0 Å². The van der Waals surface area contributed by atoms with Crippen LogP contribution in [-0.2, 0) is 7.05 Å². The molecule has 0 unspecified atom stereocenters. The maximum atomic E-state index is 10.3. The molecule has 0 fully saturated rings. The number of halogens is 2. The van der Waals surface area contributed by atoms with Crippen molar-refractivity contribution in [1.29, 1.82) is 0 Å². The summed E-state index contributed by atoms with van der Waals surface area (Å²) in [5.41, 5.74) is 0.0880. The lowest BCUT2D eigenvalue weighted by molar-refractivity contribution is 0.0685. The van der Waals surface area contributed by atoms with E-state index in [1.54, 1.807) is 0 Å². The van der Waals surface area contributed by atoms with Gasteiger partial charge in [0.05, 0.1) is 0 Å². The Hall–Kier alpha value is -0.740. The average Bonchev–Trinajstić information content (AvgIpc) is 2.56. The predicted molar refractivity (Wildman–Crippen MR) is 65.4 cm³/mol. The minimum Gasteiger partial charge on any atom is -0.477 e. The highest BCUT2D eigenvalue weighted by Crippen LogP contribution is 2.07. The maximum absolute atomic E-state index is 10.3. The van der Waals surface area contributed by atoms with E-state index in [9.17, 15) is 4.79 Å². The van der Waals surface area contributed by atoms with Gasteiger partial charge in [0.2, 0.25) is 0 Å². The molecule has 6 heteroatoms. The molecule has 1 N–H and O–H groups in total. The number of rotatable bonds is 4. The number of unbranched alkanes of at least 4 members (excludes halogenated alkanes) is 2. The Morgan fingerprint density at radius 2 is 2.19 bits per heavy atom. The van der Waals surface area contributed by atoms with Gasteiger partial charge >= 0.3 is 5.97 Å². The van der Waals surface area contributed by atoms with Gasteiger partial charge in [-0.25, -0.2) is 4.79 Å². The number of carboxylic acids is 1. The topological polar surface area (TPSA) is 55.1 Å². The van der Waals surface area contributed by atoms with Gasteiger partial charge in [-0.05, 0) is 6.42 Å². The number of carboxylic acid groups (broad SMARTS) is 1. The third-order valence-corrected chi connectivity index (χ3v) is 2.26. The molecule has 0 saturated heterocycles. The molecule has 0 atom stereocenters. The van der Waals surface area contributed by atoms with Crippen LogP contribution in [0.4, 0.5) is 0 Å². The van der Waals surface area contributed by atoms with E-state index in [1.165, 1.54) is 37.1 Å². The van der Waals surface area contributed by atoms with E-state index in [0.717, 1.165) is 5.88 Å². The lowest BCUT2D eigenvalue weighted by atomic mass is 10.3. The van der Waals surface area contributed by atoms with Crippen LogP contribution in [0, 0.1) is 0 Å². The molecule has 0 radical (unpaired) electrons. The minimum absolute atomic E-state index is 0.0880. The zero-order valence-corrected chi connectivity index (χ0v) is 10.9. The van der Waals surface area contributed by atoms with Crippen molar-refractivity contribution in [3.8, 4) is 0 Å². The molecule has 0 aliphatic rings. The van der Waals surface area contributed by atoms with Crippen molar-refractivity contribution < 1.29 is 9.90 Å². The lowest BCUT2D eigenvalue weighted by Gasteiger charge is -1.90. The maximum Gasteiger partial charge on any atom is 0.354 e. The van der Waals surface area contributed by atoms with Gasteiger partial charge in [-0.1, -0.05) is 31.4 Å². The largest absolute Gasteiger partial charge is 0.477 e. The summed E-state index contributed by atoms with van der Waals surface area (Å²) in [6.07, 6.45) is 3.73. The first kappa shape index (κ1) is 15.3. The van der Waals surface area contributed by atoms with Gasteiger partial charge < -0.3 is 5.11 Å². The molecule has 1 rings (SSSR count). The number of aromatic carboxylic acids is 1. The summed E-state index contributed by atoms with van der Waals surface area (Å²) in [5, 5.41) is 12.3. The molecule has 92 valence electrons. The Labute approximate surface area is 105 Å². The lowest BCUT2D eigenvalue weighted by Crippen LogP contribution is -2.04. The van der Waals surface area contributed by atoms with E-state index in [0.29, 0.717) is 0 Å². The van der Waals surface area contributed by atoms with Gasteiger partial charge in [0.15, 0.2) is 5.15 Å². The highest BCUT2D eigenvalue weighted by molar-refractivity contribution is 6.29. The second-order valence-electron chi connectivity index (χ2n) is 3.18. The summed E-state index contributed by atoms with van der Waals surface area (Å²) < 4.78 is 1.21. The molecule has 4 nitrogen and oxygen atoms in total. The van der Waals surface area contributed by atoms with Crippen molar-refractivity contribution in [1.82, 2.24) is 9.78 Å². The minimum atomic E-state index is -1.03. The Bertz CT molecular complexity index is 323. The zero-order chi connectivity index (χ0) is 12.6. The highest BCUT2D eigenvalue weighted by Gasteiger charge is 2.09. The van der Waals surface area contributed by atoms with Gasteiger partial charge in [-0.2, -0.15) is 5.10 Å². The summed E-state index contributed by atoms with van der Waals surface area (Å²) in [6, 6.07) is 1.30. The van der Waals surface area contributed by atoms with Crippen LogP contribution in [0.1, 0.15) is 36.7 Å². The third kappa shape index (κ3) is 5.98. The van der Waals surface area contributed by atoms with Crippen LogP contribution in [0.3, 0.4) is 0 Å². The molecule has 1 heterocycles. The van der Waals surface area contributed by atoms with E-state index in [4.69, 9.17) is 28.3 Å². The molecule has 0 spiro atoms. The smallest absolute Gasteiger partial charge is 0.354 e. The predicted octanol–water partition coefficient (Wildman–Crippen LogP) is 3.19. The van der Waals surface area contributed by atoms with E-state index >= 15 is 0 Å². The first-order valence-corrected chi connectivity index (χ1v) is 5.93. The SMILES string of the molecule is CCCCCCl.Cn1nc(Cl)cc1C(=O)O. The molecular formula is C10H16Cl2N2O2. The van der Waals surface area contributed by atoms with Crippen molar-refractivity contribution in [2.24, 2.45) is 7.05 Å². The molecule has 0 aliphatic heterocycles. The molecular weight excluding hydrogens is 251 g/mol.